The Hall–Kier alpha value is -1.30. The number of ether oxygens (including phenoxy) is 1. The summed E-state index contributed by atoms with van der Waals surface area (Å²) < 4.78 is 4.89. The van der Waals surface area contributed by atoms with E-state index < -0.39 is 6.04 Å². The Labute approximate surface area is 120 Å². The van der Waals surface area contributed by atoms with E-state index in [9.17, 15) is 4.79 Å². The highest BCUT2D eigenvalue weighted by Gasteiger charge is 2.32. The molecule has 0 radical (unpaired) electrons. The molecule has 2 rings (SSSR count). The van der Waals surface area contributed by atoms with E-state index in [-0.39, 0.29) is 5.91 Å². The van der Waals surface area contributed by atoms with Gasteiger partial charge in [0.15, 0.2) is 5.96 Å². The molecule has 0 aromatic heterocycles. The summed E-state index contributed by atoms with van der Waals surface area (Å²) in [5.41, 5.74) is 0.556. The minimum absolute atomic E-state index is 0.230. The average molecular weight is 302 g/mol. The summed E-state index contributed by atoms with van der Waals surface area (Å²) in [5.74, 6) is 0.175. The Morgan fingerprint density at radius 3 is 2.68 bits per heavy atom. The van der Waals surface area contributed by atoms with E-state index in [1.54, 1.807) is 25.3 Å². The molecule has 1 amide bonds. The van der Waals surface area contributed by atoms with Crippen LogP contribution in [0.4, 0.5) is 0 Å². The molecule has 1 fully saturated rings. The van der Waals surface area contributed by atoms with E-state index in [1.807, 2.05) is 0 Å². The van der Waals surface area contributed by atoms with Gasteiger partial charge in [-0.3, -0.25) is 15.1 Å². The predicted molar refractivity (Wildman–Crippen MR) is 74.7 cm³/mol. The van der Waals surface area contributed by atoms with Crippen molar-refractivity contribution in [3.05, 3.63) is 33.8 Å². The van der Waals surface area contributed by atoms with Gasteiger partial charge in [0.2, 0.25) is 0 Å². The molecule has 5 nitrogen and oxygen atoms in total. The minimum Gasteiger partial charge on any atom is -0.383 e. The summed E-state index contributed by atoms with van der Waals surface area (Å²) in [6.07, 6.45) is 0. The lowest BCUT2D eigenvalue weighted by Crippen LogP contribution is -2.26. The van der Waals surface area contributed by atoms with Gasteiger partial charge in [-0.15, -0.1) is 0 Å². The fraction of sp³-hybridized carbons (Fsp3) is 0.333. The molecule has 1 saturated heterocycles. The average Bonchev–Trinajstić information content (AvgIpc) is 2.71. The molecule has 1 aliphatic heterocycles. The van der Waals surface area contributed by atoms with Gasteiger partial charge in [-0.05, 0) is 12.1 Å². The van der Waals surface area contributed by atoms with Gasteiger partial charge in [0, 0.05) is 22.7 Å². The number of amides is 1. The van der Waals surface area contributed by atoms with Crippen molar-refractivity contribution in [2.45, 2.75) is 6.04 Å². The van der Waals surface area contributed by atoms with E-state index in [2.05, 4.69) is 15.6 Å². The van der Waals surface area contributed by atoms with Gasteiger partial charge in [0.05, 0.1) is 13.2 Å². The second-order valence-electron chi connectivity index (χ2n) is 3.93. The Morgan fingerprint density at radius 2 is 2.05 bits per heavy atom. The molecule has 0 bridgehead atoms. The molecule has 1 aliphatic rings. The number of carbonyl (C=O) groups excluding carboxylic acids is 1. The van der Waals surface area contributed by atoms with Crippen LogP contribution >= 0.6 is 23.2 Å². The molecule has 1 unspecified atom stereocenters. The van der Waals surface area contributed by atoms with Crippen LogP contribution in [0, 0.1) is 0 Å². The molecule has 1 aromatic carbocycles. The smallest absolute Gasteiger partial charge is 0.254 e. The summed E-state index contributed by atoms with van der Waals surface area (Å²) in [4.78, 5) is 16.1. The maximum atomic E-state index is 11.9. The molecule has 2 N–H and O–H groups in total. The number of halogens is 2. The van der Waals surface area contributed by atoms with E-state index >= 15 is 0 Å². The van der Waals surface area contributed by atoms with Crippen molar-refractivity contribution in [2.75, 3.05) is 20.3 Å². The molecule has 1 heterocycles. The Kier molecular flexibility index (Phi) is 4.63. The molecule has 1 aromatic rings. The number of methoxy groups -OCH3 is 1. The van der Waals surface area contributed by atoms with Crippen LogP contribution in [-0.2, 0) is 9.53 Å². The number of guanidine groups is 1. The molecular weight excluding hydrogens is 289 g/mol. The second kappa shape index (κ2) is 6.23. The van der Waals surface area contributed by atoms with Crippen LogP contribution in [0.15, 0.2) is 23.2 Å². The van der Waals surface area contributed by atoms with Gasteiger partial charge in [0.25, 0.3) is 5.91 Å². The Balaban J connectivity index is 2.18. The maximum Gasteiger partial charge on any atom is 0.254 e. The standard InChI is InChI=1S/C12H13Cl2N3O2/c1-19-6-5-15-12-16-10(11(18)17-12)9-7(13)3-2-4-8(9)14/h2-4,10H,5-6H2,1H3,(H2,15,16,17,18). The van der Waals surface area contributed by atoms with Crippen molar-refractivity contribution in [3.8, 4) is 0 Å². The largest absolute Gasteiger partial charge is 0.383 e. The van der Waals surface area contributed by atoms with Crippen LogP contribution in [0.1, 0.15) is 11.6 Å². The van der Waals surface area contributed by atoms with Gasteiger partial charge in [-0.1, -0.05) is 29.3 Å². The lowest BCUT2D eigenvalue weighted by molar-refractivity contribution is -0.120. The molecule has 7 heteroatoms. The lowest BCUT2D eigenvalue weighted by Gasteiger charge is -2.12. The summed E-state index contributed by atoms with van der Waals surface area (Å²) in [6, 6.07) is 4.49. The topological polar surface area (TPSA) is 62.7 Å². The molecule has 1 atom stereocenters. The lowest BCUT2D eigenvalue weighted by atomic mass is 10.1. The highest BCUT2D eigenvalue weighted by Crippen LogP contribution is 2.31. The van der Waals surface area contributed by atoms with E-state index in [1.165, 1.54) is 0 Å². The summed E-state index contributed by atoms with van der Waals surface area (Å²) in [5, 5.41) is 6.49. The quantitative estimate of drug-likeness (QED) is 0.833. The van der Waals surface area contributed by atoms with E-state index in [0.717, 1.165) is 0 Å². The normalized spacial score (nSPS) is 20.5. The molecular formula is C12H13Cl2N3O2. The van der Waals surface area contributed by atoms with Gasteiger partial charge in [-0.2, -0.15) is 0 Å². The first-order valence-corrected chi connectivity index (χ1v) is 6.43. The van der Waals surface area contributed by atoms with Crippen molar-refractivity contribution < 1.29 is 9.53 Å². The fourth-order valence-electron chi connectivity index (χ4n) is 1.75. The van der Waals surface area contributed by atoms with Crippen LogP contribution in [0.5, 0.6) is 0 Å². The molecule has 102 valence electrons. The van der Waals surface area contributed by atoms with Crippen molar-refractivity contribution in [2.24, 2.45) is 4.99 Å². The molecule has 0 saturated carbocycles. The zero-order chi connectivity index (χ0) is 13.8. The second-order valence-corrected chi connectivity index (χ2v) is 4.74. The van der Waals surface area contributed by atoms with E-state index in [0.29, 0.717) is 34.7 Å². The summed E-state index contributed by atoms with van der Waals surface area (Å²) in [7, 11) is 1.59. The minimum atomic E-state index is -0.623. The third kappa shape index (κ3) is 3.18. The monoisotopic (exact) mass is 301 g/mol. The summed E-state index contributed by atoms with van der Waals surface area (Å²) >= 11 is 12.2. The predicted octanol–water partition coefficient (Wildman–Crippen LogP) is 1.76. The number of aliphatic imine (C=N–C) groups is 1. The Morgan fingerprint density at radius 1 is 1.37 bits per heavy atom. The van der Waals surface area contributed by atoms with E-state index in [4.69, 9.17) is 27.9 Å². The SMILES string of the molecule is COCCN=C1NC(=O)C(c2c(Cl)cccc2Cl)N1. The highest BCUT2D eigenvalue weighted by atomic mass is 35.5. The van der Waals surface area contributed by atoms with Crippen molar-refractivity contribution >= 4 is 35.1 Å². The third-order valence-corrected chi connectivity index (χ3v) is 3.30. The fourth-order valence-corrected chi connectivity index (χ4v) is 2.37. The summed E-state index contributed by atoms with van der Waals surface area (Å²) in [6.45, 7) is 0.945. The van der Waals surface area contributed by atoms with Gasteiger partial charge in [0.1, 0.15) is 6.04 Å². The zero-order valence-electron chi connectivity index (χ0n) is 10.2. The first-order valence-electron chi connectivity index (χ1n) is 5.68. The van der Waals surface area contributed by atoms with Crippen molar-refractivity contribution in [1.82, 2.24) is 10.6 Å². The first kappa shape index (κ1) is 14.1. The maximum absolute atomic E-state index is 11.9. The van der Waals surface area contributed by atoms with Crippen LogP contribution in [0.25, 0.3) is 0 Å². The highest BCUT2D eigenvalue weighted by molar-refractivity contribution is 6.36. The van der Waals surface area contributed by atoms with Crippen molar-refractivity contribution in [3.63, 3.8) is 0 Å². The van der Waals surface area contributed by atoms with Gasteiger partial charge >= 0.3 is 0 Å². The van der Waals surface area contributed by atoms with Crippen LogP contribution in [0.3, 0.4) is 0 Å². The number of nitrogens with one attached hydrogen (secondary N) is 2. The van der Waals surface area contributed by atoms with Crippen molar-refractivity contribution in [1.29, 1.82) is 0 Å². The number of hydrogen-bond donors (Lipinski definition) is 2. The van der Waals surface area contributed by atoms with Gasteiger partial charge in [-0.25, -0.2) is 0 Å². The number of hydrogen-bond acceptors (Lipinski definition) is 3. The number of nitrogens with zero attached hydrogens (tertiary/aromatic N) is 1. The zero-order valence-corrected chi connectivity index (χ0v) is 11.8. The third-order valence-electron chi connectivity index (χ3n) is 2.64. The molecule has 19 heavy (non-hydrogen) atoms. The first-order chi connectivity index (χ1) is 9.13. The number of rotatable bonds is 4. The molecule has 0 aliphatic carbocycles. The molecule has 0 spiro atoms. The number of carbonyl (C=O) groups is 1. The Bertz CT molecular complexity index is 499. The number of benzene rings is 1. The van der Waals surface area contributed by atoms with Crippen LogP contribution < -0.4 is 10.6 Å². The van der Waals surface area contributed by atoms with Crippen LogP contribution in [0.2, 0.25) is 10.0 Å². The van der Waals surface area contributed by atoms with Gasteiger partial charge < -0.3 is 10.1 Å². The van der Waals surface area contributed by atoms with Crippen LogP contribution in [-0.4, -0.2) is 32.1 Å².